The highest BCUT2D eigenvalue weighted by Gasteiger charge is 2.34. The van der Waals surface area contributed by atoms with Crippen LogP contribution in [0.5, 0.6) is 17.2 Å². The Morgan fingerprint density at radius 2 is 1.30 bits per heavy atom. The van der Waals surface area contributed by atoms with E-state index in [4.69, 9.17) is 14.2 Å². The molecule has 0 aromatic heterocycles. The van der Waals surface area contributed by atoms with Crippen molar-refractivity contribution in [3.8, 4) is 39.5 Å². The standard InChI is InChI=1S/C32H41BrO4.C17H19BrO2/c1-4-6-7-8-9-12-21-37-32(19-17-25(18-20-32)31(34)35)28-14-11-10-13-27(28)26-15-16-30(29(33)22-26)36-23-24(3)5-2;1-3-12(2)11-20-17-9-6-14(10-16(17)18)13-4-7-15(19)8-5-13/h10-11,13-19,22,24H,4-9,12,20-21,23H2,1-3H3,(H,34,35);4-10,12,19H,3,11H2,1-2H3. The molecule has 3 unspecified atom stereocenters. The highest BCUT2D eigenvalue weighted by molar-refractivity contribution is 9.11. The van der Waals surface area contributed by atoms with Crippen LogP contribution < -0.4 is 9.47 Å². The molecular formula is C49H60Br2O6. The number of aromatic hydroxyl groups is 1. The number of hydrogen-bond acceptors (Lipinski definition) is 5. The Balaban J connectivity index is 0.000000302. The van der Waals surface area contributed by atoms with Gasteiger partial charge in [-0.15, -0.1) is 0 Å². The Labute approximate surface area is 357 Å². The Bertz CT molecular complexity index is 1920. The van der Waals surface area contributed by atoms with E-state index in [0.717, 1.165) is 80.6 Å². The van der Waals surface area contributed by atoms with Crippen molar-refractivity contribution in [2.24, 2.45) is 11.8 Å². The number of ether oxygens (including phenoxy) is 3. The number of unbranched alkanes of at least 4 members (excludes halogenated alkanes) is 5. The molecule has 0 spiro atoms. The minimum atomic E-state index is -0.911. The van der Waals surface area contributed by atoms with E-state index >= 15 is 0 Å². The second-order valence-electron chi connectivity index (χ2n) is 15.0. The van der Waals surface area contributed by atoms with Crippen LogP contribution in [0.15, 0.2) is 118 Å². The van der Waals surface area contributed by atoms with E-state index in [-0.39, 0.29) is 5.75 Å². The number of phenols is 1. The molecule has 0 heterocycles. The molecule has 0 saturated heterocycles. The summed E-state index contributed by atoms with van der Waals surface area (Å²) in [5.74, 6) is 2.12. The van der Waals surface area contributed by atoms with Gasteiger partial charge in [-0.1, -0.05) is 134 Å². The van der Waals surface area contributed by atoms with Crippen molar-refractivity contribution >= 4 is 37.8 Å². The largest absolute Gasteiger partial charge is 0.508 e. The lowest BCUT2D eigenvalue weighted by Gasteiger charge is -2.34. The van der Waals surface area contributed by atoms with E-state index in [0.29, 0.717) is 37.0 Å². The third-order valence-electron chi connectivity index (χ3n) is 10.5. The maximum Gasteiger partial charge on any atom is 0.335 e. The van der Waals surface area contributed by atoms with Gasteiger partial charge in [-0.05, 0) is 126 Å². The van der Waals surface area contributed by atoms with E-state index in [1.54, 1.807) is 24.3 Å². The molecule has 0 fully saturated rings. The lowest BCUT2D eigenvalue weighted by Crippen LogP contribution is -2.30. The number of rotatable bonds is 20. The van der Waals surface area contributed by atoms with Crippen LogP contribution in [-0.2, 0) is 15.1 Å². The first-order valence-electron chi connectivity index (χ1n) is 20.5. The maximum atomic E-state index is 11.6. The minimum absolute atomic E-state index is 0.279. The first kappa shape index (κ1) is 45.8. The molecule has 3 atom stereocenters. The van der Waals surface area contributed by atoms with Crippen molar-refractivity contribution in [2.45, 2.75) is 98.0 Å². The van der Waals surface area contributed by atoms with Crippen molar-refractivity contribution in [2.75, 3.05) is 19.8 Å². The highest BCUT2D eigenvalue weighted by atomic mass is 79.9. The van der Waals surface area contributed by atoms with Crippen molar-refractivity contribution in [1.29, 1.82) is 0 Å². The quantitative estimate of drug-likeness (QED) is 0.0860. The minimum Gasteiger partial charge on any atom is -0.508 e. The van der Waals surface area contributed by atoms with Gasteiger partial charge in [-0.2, -0.15) is 0 Å². The van der Waals surface area contributed by atoms with Crippen LogP contribution in [-0.4, -0.2) is 36.0 Å². The van der Waals surface area contributed by atoms with Gasteiger partial charge in [0.05, 0.1) is 27.7 Å². The Morgan fingerprint density at radius 3 is 1.86 bits per heavy atom. The van der Waals surface area contributed by atoms with Crippen molar-refractivity contribution in [1.82, 2.24) is 0 Å². The second-order valence-corrected chi connectivity index (χ2v) is 16.7. The number of aliphatic carboxylic acids is 1. The third kappa shape index (κ3) is 13.9. The normalized spacial score (nSPS) is 15.9. The van der Waals surface area contributed by atoms with Crippen molar-refractivity contribution < 1.29 is 29.2 Å². The van der Waals surface area contributed by atoms with Gasteiger partial charge in [-0.3, -0.25) is 0 Å². The van der Waals surface area contributed by atoms with Crippen LogP contribution >= 0.6 is 31.9 Å². The van der Waals surface area contributed by atoms with Gasteiger partial charge in [0.25, 0.3) is 0 Å². The Hall–Kier alpha value is -3.85. The summed E-state index contributed by atoms with van der Waals surface area (Å²) in [4.78, 5) is 11.6. The number of halogens is 2. The van der Waals surface area contributed by atoms with E-state index in [2.05, 4.69) is 90.7 Å². The van der Waals surface area contributed by atoms with Crippen LogP contribution in [0, 0.1) is 11.8 Å². The van der Waals surface area contributed by atoms with E-state index in [9.17, 15) is 15.0 Å². The number of carboxylic acids is 1. The lowest BCUT2D eigenvalue weighted by atomic mass is 9.81. The van der Waals surface area contributed by atoms with Gasteiger partial charge in [0.15, 0.2) is 0 Å². The highest BCUT2D eigenvalue weighted by Crippen LogP contribution is 2.42. The monoisotopic (exact) mass is 902 g/mol. The zero-order valence-corrected chi connectivity index (χ0v) is 37.4. The fourth-order valence-corrected chi connectivity index (χ4v) is 7.33. The summed E-state index contributed by atoms with van der Waals surface area (Å²) >= 11 is 7.26. The molecule has 8 heteroatoms. The van der Waals surface area contributed by atoms with E-state index in [1.807, 2.05) is 54.6 Å². The maximum absolute atomic E-state index is 11.6. The van der Waals surface area contributed by atoms with Gasteiger partial charge >= 0.3 is 5.97 Å². The molecule has 6 nitrogen and oxygen atoms in total. The van der Waals surface area contributed by atoms with Crippen molar-refractivity contribution in [3.05, 3.63) is 123 Å². The fourth-order valence-electron chi connectivity index (χ4n) is 6.34. The van der Waals surface area contributed by atoms with Gasteiger partial charge in [0.1, 0.15) is 22.8 Å². The number of carbonyl (C=O) groups is 1. The molecule has 0 saturated carbocycles. The molecule has 0 radical (unpaired) electrons. The molecule has 4 aromatic carbocycles. The fraction of sp³-hybridized carbons (Fsp3) is 0.408. The van der Waals surface area contributed by atoms with Crippen LogP contribution in [0.3, 0.4) is 0 Å². The average molecular weight is 905 g/mol. The van der Waals surface area contributed by atoms with Crippen LogP contribution in [0.25, 0.3) is 22.3 Å². The number of phenolic OH excluding ortho intramolecular Hbond substituents is 1. The first-order chi connectivity index (χ1) is 27.5. The number of hydrogen-bond donors (Lipinski definition) is 2. The zero-order valence-electron chi connectivity index (χ0n) is 34.2. The van der Waals surface area contributed by atoms with Crippen LogP contribution in [0.2, 0.25) is 0 Å². The average Bonchev–Trinajstić information content (AvgIpc) is 3.22. The summed E-state index contributed by atoms with van der Waals surface area (Å²) in [5, 5.41) is 18.8. The molecule has 0 aliphatic heterocycles. The Morgan fingerprint density at radius 1 is 0.737 bits per heavy atom. The predicted octanol–water partition coefficient (Wildman–Crippen LogP) is 14.3. The summed E-state index contributed by atoms with van der Waals surface area (Å²) in [6.07, 6.45) is 15.2. The zero-order chi connectivity index (χ0) is 41.2. The predicted molar refractivity (Wildman–Crippen MR) is 241 cm³/mol. The molecule has 0 bridgehead atoms. The first-order valence-corrected chi connectivity index (χ1v) is 22.1. The molecule has 2 N–H and O–H groups in total. The molecule has 306 valence electrons. The summed E-state index contributed by atoms with van der Waals surface area (Å²) < 4.78 is 20.3. The summed E-state index contributed by atoms with van der Waals surface area (Å²) in [6, 6.07) is 27.7. The van der Waals surface area contributed by atoms with Crippen molar-refractivity contribution in [3.63, 3.8) is 0 Å². The van der Waals surface area contributed by atoms with Gasteiger partial charge in [0, 0.05) is 13.0 Å². The molecular weight excluding hydrogens is 844 g/mol. The molecule has 4 aromatic rings. The van der Waals surface area contributed by atoms with E-state index < -0.39 is 11.6 Å². The number of benzene rings is 4. The molecule has 1 aliphatic carbocycles. The summed E-state index contributed by atoms with van der Waals surface area (Å²) in [6.45, 7) is 13.0. The number of carboxylic acid groups (broad SMARTS) is 1. The molecule has 0 amide bonds. The van der Waals surface area contributed by atoms with Gasteiger partial charge in [0.2, 0.25) is 0 Å². The second kappa shape index (κ2) is 23.5. The van der Waals surface area contributed by atoms with Crippen LogP contribution in [0.1, 0.15) is 98.0 Å². The van der Waals surface area contributed by atoms with Crippen LogP contribution in [0.4, 0.5) is 0 Å². The van der Waals surface area contributed by atoms with Gasteiger partial charge < -0.3 is 24.4 Å². The van der Waals surface area contributed by atoms with Gasteiger partial charge in [-0.25, -0.2) is 4.79 Å². The van der Waals surface area contributed by atoms with E-state index in [1.165, 1.54) is 25.7 Å². The summed E-state index contributed by atoms with van der Waals surface area (Å²) in [7, 11) is 0. The third-order valence-corrected chi connectivity index (χ3v) is 11.7. The molecule has 57 heavy (non-hydrogen) atoms. The molecule has 1 aliphatic rings. The lowest BCUT2D eigenvalue weighted by molar-refractivity contribution is -0.132. The SMILES string of the molecule is CCC(C)COc1ccc(-c2ccc(O)cc2)cc1Br.CCCCCCCCOC1(c2ccccc2-c2ccc(OCC(C)CC)c(Br)c2)C=CC(C(=O)O)=CC1. The smallest absolute Gasteiger partial charge is 0.335 e. The Kier molecular flexibility index (Phi) is 18.9. The molecule has 5 rings (SSSR count). The topological polar surface area (TPSA) is 85.2 Å². The summed E-state index contributed by atoms with van der Waals surface area (Å²) in [5.41, 5.74) is 4.92.